The predicted molar refractivity (Wildman–Crippen MR) is 55.7 cm³/mol. The SMILES string of the molecule is C=CC(C)OC(C)OCCCCC. The zero-order valence-electron chi connectivity index (χ0n) is 9.08. The van der Waals surface area contributed by atoms with Crippen LogP contribution in [-0.4, -0.2) is 19.0 Å². The zero-order valence-corrected chi connectivity index (χ0v) is 9.08. The fraction of sp³-hybridized carbons (Fsp3) is 0.818. The second kappa shape index (κ2) is 8.27. The minimum Gasteiger partial charge on any atom is -0.353 e. The Bertz CT molecular complexity index is 123. The van der Waals surface area contributed by atoms with E-state index in [-0.39, 0.29) is 12.4 Å². The molecule has 2 unspecified atom stereocenters. The van der Waals surface area contributed by atoms with Gasteiger partial charge in [-0.3, -0.25) is 0 Å². The molecule has 2 heteroatoms. The van der Waals surface area contributed by atoms with E-state index in [1.165, 1.54) is 12.8 Å². The normalized spacial score (nSPS) is 15.3. The topological polar surface area (TPSA) is 18.5 Å². The van der Waals surface area contributed by atoms with Crippen molar-refractivity contribution in [1.29, 1.82) is 0 Å². The monoisotopic (exact) mass is 186 g/mol. The average Bonchev–Trinajstić information content (AvgIpc) is 2.12. The molecule has 0 radical (unpaired) electrons. The van der Waals surface area contributed by atoms with Crippen molar-refractivity contribution in [2.24, 2.45) is 0 Å². The summed E-state index contributed by atoms with van der Waals surface area (Å²) in [6.45, 7) is 10.5. The summed E-state index contributed by atoms with van der Waals surface area (Å²) in [5, 5.41) is 0. The number of hydrogen-bond donors (Lipinski definition) is 0. The van der Waals surface area contributed by atoms with Crippen LogP contribution in [-0.2, 0) is 9.47 Å². The van der Waals surface area contributed by atoms with E-state index in [2.05, 4.69) is 13.5 Å². The lowest BCUT2D eigenvalue weighted by molar-refractivity contribution is -0.145. The number of rotatable bonds is 8. The summed E-state index contributed by atoms with van der Waals surface area (Å²) in [6, 6.07) is 0. The third-order valence-corrected chi connectivity index (χ3v) is 1.84. The summed E-state index contributed by atoms with van der Waals surface area (Å²) in [7, 11) is 0. The van der Waals surface area contributed by atoms with Crippen LogP contribution in [0.5, 0.6) is 0 Å². The average molecular weight is 186 g/mol. The highest BCUT2D eigenvalue weighted by Crippen LogP contribution is 2.02. The van der Waals surface area contributed by atoms with Crippen LogP contribution in [0.15, 0.2) is 12.7 Å². The third-order valence-electron chi connectivity index (χ3n) is 1.84. The molecule has 0 N–H and O–H groups in total. The Morgan fingerprint density at radius 2 is 2.00 bits per heavy atom. The zero-order chi connectivity index (χ0) is 10.1. The van der Waals surface area contributed by atoms with Gasteiger partial charge in [-0.05, 0) is 20.3 Å². The summed E-state index contributed by atoms with van der Waals surface area (Å²) in [5.41, 5.74) is 0. The molecule has 0 saturated carbocycles. The van der Waals surface area contributed by atoms with Gasteiger partial charge in [0.1, 0.15) is 0 Å². The molecule has 0 rings (SSSR count). The molecule has 0 aliphatic carbocycles. The van der Waals surface area contributed by atoms with Gasteiger partial charge in [0.05, 0.1) is 6.10 Å². The van der Waals surface area contributed by atoms with Gasteiger partial charge in [-0.2, -0.15) is 0 Å². The van der Waals surface area contributed by atoms with Crippen molar-refractivity contribution < 1.29 is 9.47 Å². The molecule has 0 aromatic rings. The Morgan fingerprint density at radius 1 is 1.31 bits per heavy atom. The van der Waals surface area contributed by atoms with E-state index in [0.717, 1.165) is 13.0 Å². The van der Waals surface area contributed by atoms with Crippen LogP contribution in [0.1, 0.15) is 40.0 Å². The molecule has 0 saturated heterocycles. The lowest BCUT2D eigenvalue weighted by Gasteiger charge is -2.16. The Labute approximate surface area is 81.9 Å². The second-order valence-corrected chi connectivity index (χ2v) is 3.22. The van der Waals surface area contributed by atoms with Gasteiger partial charge in [-0.15, -0.1) is 6.58 Å². The van der Waals surface area contributed by atoms with Gasteiger partial charge in [0, 0.05) is 6.61 Å². The highest BCUT2D eigenvalue weighted by Gasteiger charge is 2.04. The fourth-order valence-corrected chi connectivity index (χ4v) is 0.998. The van der Waals surface area contributed by atoms with Crippen molar-refractivity contribution >= 4 is 0 Å². The Balaban J connectivity index is 3.29. The van der Waals surface area contributed by atoms with Crippen molar-refractivity contribution in [1.82, 2.24) is 0 Å². The van der Waals surface area contributed by atoms with Gasteiger partial charge < -0.3 is 9.47 Å². The maximum absolute atomic E-state index is 5.45. The molecule has 0 aliphatic heterocycles. The quantitative estimate of drug-likeness (QED) is 0.329. The van der Waals surface area contributed by atoms with Crippen LogP contribution in [0.4, 0.5) is 0 Å². The van der Waals surface area contributed by atoms with E-state index in [9.17, 15) is 0 Å². The summed E-state index contributed by atoms with van der Waals surface area (Å²) in [6.07, 6.45) is 5.29. The van der Waals surface area contributed by atoms with Crippen molar-refractivity contribution in [2.75, 3.05) is 6.61 Å². The van der Waals surface area contributed by atoms with Crippen molar-refractivity contribution in [3.8, 4) is 0 Å². The molecule has 0 bridgehead atoms. The lowest BCUT2D eigenvalue weighted by atomic mass is 10.3. The molecule has 0 heterocycles. The molecular formula is C11H22O2. The minimum atomic E-state index is -0.121. The van der Waals surface area contributed by atoms with E-state index in [0.29, 0.717) is 0 Å². The molecule has 13 heavy (non-hydrogen) atoms. The fourth-order valence-electron chi connectivity index (χ4n) is 0.998. The van der Waals surface area contributed by atoms with E-state index < -0.39 is 0 Å². The maximum atomic E-state index is 5.45. The van der Waals surface area contributed by atoms with Gasteiger partial charge >= 0.3 is 0 Å². The van der Waals surface area contributed by atoms with Crippen LogP contribution in [0.25, 0.3) is 0 Å². The highest BCUT2D eigenvalue weighted by atomic mass is 16.7. The molecule has 2 nitrogen and oxygen atoms in total. The van der Waals surface area contributed by atoms with Crippen LogP contribution < -0.4 is 0 Å². The molecule has 0 amide bonds. The van der Waals surface area contributed by atoms with Gasteiger partial charge in [0.2, 0.25) is 0 Å². The van der Waals surface area contributed by atoms with Gasteiger partial charge in [0.15, 0.2) is 6.29 Å². The first-order valence-electron chi connectivity index (χ1n) is 5.10. The van der Waals surface area contributed by atoms with Crippen LogP contribution in [0.3, 0.4) is 0 Å². The first-order valence-corrected chi connectivity index (χ1v) is 5.10. The predicted octanol–water partition coefficient (Wildman–Crippen LogP) is 3.13. The van der Waals surface area contributed by atoms with E-state index in [1.807, 2.05) is 13.8 Å². The number of unbranched alkanes of at least 4 members (excludes halogenated alkanes) is 2. The van der Waals surface area contributed by atoms with Crippen LogP contribution >= 0.6 is 0 Å². The number of hydrogen-bond acceptors (Lipinski definition) is 2. The summed E-state index contributed by atoms with van der Waals surface area (Å²) >= 11 is 0. The first-order chi connectivity index (χ1) is 6.20. The van der Waals surface area contributed by atoms with E-state index in [1.54, 1.807) is 6.08 Å². The van der Waals surface area contributed by atoms with Gasteiger partial charge in [-0.1, -0.05) is 25.8 Å². The molecule has 2 atom stereocenters. The standard InChI is InChI=1S/C11H22O2/c1-5-7-8-9-12-11(4)13-10(3)6-2/h6,10-11H,2,5,7-9H2,1,3-4H3. The Morgan fingerprint density at radius 3 is 2.54 bits per heavy atom. The molecule has 78 valence electrons. The molecule has 0 spiro atoms. The molecule has 0 aromatic carbocycles. The van der Waals surface area contributed by atoms with Gasteiger partial charge in [-0.25, -0.2) is 0 Å². The molecule has 0 fully saturated rings. The van der Waals surface area contributed by atoms with E-state index in [4.69, 9.17) is 9.47 Å². The van der Waals surface area contributed by atoms with Crippen molar-refractivity contribution in [2.45, 2.75) is 52.4 Å². The van der Waals surface area contributed by atoms with E-state index >= 15 is 0 Å². The first kappa shape index (κ1) is 12.7. The minimum absolute atomic E-state index is 0.0705. The smallest absolute Gasteiger partial charge is 0.155 e. The Kier molecular flexibility index (Phi) is 8.05. The summed E-state index contributed by atoms with van der Waals surface area (Å²) in [4.78, 5) is 0. The molecule has 0 aliphatic rings. The van der Waals surface area contributed by atoms with Crippen LogP contribution in [0, 0.1) is 0 Å². The third kappa shape index (κ3) is 8.00. The second-order valence-electron chi connectivity index (χ2n) is 3.22. The summed E-state index contributed by atoms with van der Waals surface area (Å²) < 4.78 is 10.9. The largest absolute Gasteiger partial charge is 0.353 e. The Hall–Kier alpha value is -0.340. The summed E-state index contributed by atoms with van der Waals surface area (Å²) in [5.74, 6) is 0. The van der Waals surface area contributed by atoms with Crippen LogP contribution in [0.2, 0.25) is 0 Å². The number of ether oxygens (including phenoxy) is 2. The highest BCUT2D eigenvalue weighted by molar-refractivity contribution is 4.75. The molecular weight excluding hydrogens is 164 g/mol. The van der Waals surface area contributed by atoms with Crippen molar-refractivity contribution in [3.63, 3.8) is 0 Å². The lowest BCUT2D eigenvalue weighted by Crippen LogP contribution is -2.18. The van der Waals surface area contributed by atoms with Gasteiger partial charge in [0.25, 0.3) is 0 Å². The van der Waals surface area contributed by atoms with Crippen molar-refractivity contribution in [3.05, 3.63) is 12.7 Å². The molecule has 0 aromatic heterocycles. The maximum Gasteiger partial charge on any atom is 0.155 e.